The molecule has 0 bridgehead atoms. The Hall–Kier alpha value is -3.14. The SMILES string of the molecule is CS(=O)(=O)c1ccc(C(=O)Nc2ccc(-n3cccn3)cc2C(F)(F)F)cc1. The molecule has 6 nitrogen and oxygen atoms in total. The monoisotopic (exact) mass is 409 g/mol. The largest absolute Gasteiger partial charge is 0.418 e. The number of aromatic nitrogens is 2. The van der Waals surface area contributed by atoms with Gasteiger partial charge in [-0.15, -0.1) is 0 Å². The van der Waals surface area contributed by atoms with Gasteiger partial charge in [0.1, 0.15) is 0 Å². The second-order valence-electron chi connectivity index (χ2n) is 5.93. The van der Waals surface area contributed by atoms with Gasteiger partial charge in [0.25, 0.3) is 5.91 Å². The third-order valence-corrected chi connectivity index (χ3v) is 5.00. The summed E-state index contributed by atoms with van der Waals surface area (Å²) < 4.78 is 64.6. The predicted octanol–water partition coefficient (Wildman–Crippen LogP) is 3.55. The van der Waals surface area contributed by atoms with Crippen LogP contribution in [0, 0.1) is 0 Å². The number of hydrogen-bond acceptors (Lipinski definition) is 4. The Balaban J connectivity index is 1.92. The molecule has 0 saturated carbocycles. The highest BCUT2D eigenvalue weighted by Crippen LogP contribution is 2.36. The fourth-order valence-electron chi connectivity index (χ4n) is 2.49. The Labute approximate surface area is 158 Å². The van der Waals surface area contributed by atoms with Gasteiger partial charge in [0, 0.05) is 24.2 Å². The number of anilines is 1. The van der Waals surface area contributed by atoms with E-state index in [2.05, 4.69) is 10.4 Å². The van der Waals surface area contributed by atoms with Crippen molar-refractivity contribution >= 4 is 21.4 Å². The first-order chi connectivity index (χ1) is 13.1. The van der Waals surface area contributed by atoms with Crippen LogP contribution in [-0.2, 0) is 16.0 Å². The summed E-state index contributed by atoms with van der Waals surface area (Å²) in [6.07, 6.45) is -0.759. The lowest BCUT2D eigenvalue weighted by atomic mass is 10.1. The lowest BCUT2D eigenvalue weighted by Crippen LogP contribution is -2.17. The number of hydrogen-bond donors (Lipinski definition) is 1. The molecule has 28 heavy (non-hydrogen) atoms. The van der Waals surface area contributed by atoms with Crippen molar-refractivity contribution in [2.24, 2.45) is 0 Å². The fraction of sp³-hybridized carbons (Fsp3) is 0.111. The van der Waals surface area contributed by atoms with Crippen molar-refractivity contribution in [2.45, 2.75) is 11.1 Å². The average Bonchev–Trinajstić information content (AvgIpc) is 3.15. The zero-order valence-electron chi connectivity index (χ0n) is 14.4. The van der Waals surface area contributed by atoms with Crippen molar-refractivity contribution in [3.63, 3.8) is 0 Å². The Morgan fingerprint density at radius 2 is 1.79 bits per heavy atom. The molecule has 3 aromatic rings. The number of sulfone groups is 1. The van der Waals surface area contributed by atoms with Crippen LogP contribution >= 0.6 is 0 Å². The van der Waals surface area contributed by atoms with Crippen molar-refractivity contribution in [2.75, 3.05) is 11.6 Å². The summed E-state index contributed by atoms with van der Waals surface area (Å²) in [6, 6.07) is 9.89. The summed E-state index contributed by atoms with van der Waals surface area (Å²) in [7, 11) is -3.45. The molecule has 1 amide bonds. The molecule has 1 aromatic heterocycles. The van der Waals surface area contributed by atoms with Crippen molar-refractivity contribution < 1.29 is 26.4 Å². The number of alkyl halides is 3. The summed E-state index contributed by atoms with van der Waals surface area (Å²) in [6.45, 7) is 0. The minimum Gasteiger partial charge on any atom is -0.321 e. The highest BCUT2D eigenvalue weighted by Gasteiger charge is 2.34. The Morgan fingerprint density at radius 1 is 1.11 bits per heavy atom. The molecule has 146 valence electrons. The van der Waals surface area contributed by atoms with Crippen LogP contribution in [0.1, 0.15) is 15.9 Å². The molecule has 0 fully saturated rings. The maximum atomic E-state index is 13.5. The van der Waals surface area contributed by atoms with Gasteiger partial charge in [-0.1, -0.05) is 0 Å². The van der Waals surface area contributed by atoms with Gasteiger partial charge < -0.3 is 5.32 Å². The van der Waals surface area contributed by atoms with Crippen molar-refractivity contribution in [3.8, 4) is 5.69 Å². The van der Waals surface area contributed by atoms with Crippen LogP contribution in [0.5, 0.6) is 0 Å². The van der Waals surface area contributed by atoms with Crippen molar-refractivity contribution in [3.05, 3.63) is 72.1 Å². The maximum Gasteiger partial charge on any atom is 0.418 e. The second-order valence-corrected chi connectivity index (χ2v) is 7.94. The fourth-order valence-corrected chi connectivity index (χ4v) is 3.12. The van der Waals surface area contributed by atoms with Crippen LogP contribution in [-0.4, -0.2) is 30.4 Å². The van der Waals surface area contributed by atoms with E-state index in [9.17, 15) is 26.4 Å². The zero-order valence-corrected chi connectivity index (χ0v) is 15.3. The molecule has 2 aromatic carbocycles. The summed E-state index contributed by atoms with van der Waals surface area (Å²) in [5, 5.41) is 6.11. The Morgan fingerprint density at radius 3 is 2.32 bits per heavy atom. The van der Waals surface area contributed by atoms with E-state index in [1.54, 1.807) is 6.07 Å². The molecular weight excluding hydrogens is 395 g/mol. The number of nitrogens with zero attached hydrogens (tertiary/aromatic N) is 2. The van der Waals surface area contributed by atoms with Gasteiger partial charge in [-0.05, 0) is 48.5 Å². The zero-order chi connectivity index (χ0) is 20.5. The smallest absolute Gasteiger partial charge is 0.321 e. The minimum absolute atomic E-state index is 0.00334. The number of halogens is 3. The molecule has 0 unspecified atom stereocenters. The van der Waals surface area contributed by atoms with Gasteiger partial charge in [-0.25, -0.2) is 13.1 Å². The Kier molecular flexibility index (Phi) is 4.99. The molecule has 0 saturated heterocycles. The number of carbonyl (C=O) groups excluding carboxylic acids is 1. The van der Waals surface area contributed by atoms with Crippen LogP contribution in [0.25, 0.3) is 5.69 Å². The maximum absolute atomic E-state index is 13.5. The van der Waals surface area contributed by atoms with E-state index >= 15 is 0 Å². The number of carbonyl (C=O) groups is 1. The molecule has 10 heteroatoms. The molecule has 0 atom stereocenters. The van der Waals surface area contributed by atoms with Gasteiger partial charge in [0.15, 0.2) is 9.84 Å². The average molecular weight is 409 g/mol. The Bertz CT molecular complexity index is 1110. The molecule has 0 aliphatic rings. The van der Waals surface area contributed by atoms with Crippen LogP contribution < -0.4 is 5.32 Å². The molecule has 0 spiro atoms. The van der Waals surface area contributed by atoms with E-state index in [1.165, 1.54) is 47.4 Å². The number of amides is 1. The molecule has 0 aliphatic carbocycles. The standard InChI is InChI=1S/C18H14F3N3O3S/c1-28(26,27)14-6-3-12(4-7-14)17(25)23-16-8-5-13(24-10-2-9-22-24)11-15(16)18(19,20)21/h2-11H,1H3,(H,23,25). The normalized spacial score (nSPS) is 12.0. The van der Waals surface area contributed by atoms with E-state index in [-0.39, 0.29) is 16.1 Å². The lowest BCUT2D eigenvalue weighted by molar-refractivity contribution is -0.136. The number of nitrogens with one attached hydrogen (secondary N) is 1. The summed E-state index contributed by atoms with van der Waals surface area (Å²) in [5.41, 5.74) is -1.23. The minimum atomic E-state index is -4.70. The highest BCUT2D eigenvalue weighted by atomic mass is 32.2. The van der Waals surface area contributed by atoms with Crippen molar-refractivity contribution in [1.29, 1.82) is 0 Å². The molecule has 1 N–H and O–H groups in total. The van der Waals surface area contributed by atoms with Gasteiger partial charge in [0.2, 0.25) is 0 Å². The topological polar surface area (TPSA) is 81.1 Å². The first-order valence-corrected chi connectivity index (χ1v) is 9.77. The first-order valence-electron chi connectivity index (χ1n) is 7.88. The van der Waals surface area contributed by atoms with Gasteiger partial charge in [-0.3, -0.25) is 4.79 Å². The van der Waals surface area contributed by atoms with Gasteiger partial charge >= 0.3 is 6.18 Å². The predicted molar refractivity (Wildman–Crippen MR) is 96.1 cm³/mol. The van der Waals surface area contributed by atoms with E-state index in [0.717, 1.165) is 18.4 Å². The van der Waals surface area contributed by atoms with Gasteiger partial charge in [0.05, 0.1) is 21.8 Å². The van der Waals surface area contributed by atoms with Gasteiger partial charge in [-0.2, -0.15) is 18.3 Å². The van der Waals surface area contributed by atoms with Crippen LogP contribution in [0.3, 0.4) is 0 Å². The number of benzene rings is 2. The number of rotatable bonds is 4. The highest BCUT2D eigenvalue weighted by molar-refractivity contribution is 7.90. The third kappa shape index (κ3) is 4.22. The molecule has 0 aliphatic heterocycles. The van der Waals surface area contributed by atoms with E-state index in [4.69, 9.17) is 0 Å². The summed E-state index contributed by atoms with van der Waals surface area (Å²) >= 11 is 0. The summed E-state index contributed by atoms with van der Waals surface area (Å²) in [5.74, 6) is -0.794. The first kappa shape index (κ1) is 19.6. The lowest BCUT2D eigenvalue weighted by Gasteiger charge is -2.15. The van der Waals surface area contributed by atoms with E-state index in [1.807, 2.05) is 0 Å². The molecule has 3 rings (SSSR count). The second kappa shape index (κ2) is 7.12. The quantitative estimate of drug-likeness (QED) is 0.715. The summed E-state index contributed by atoms with van der Waals surface area (Å²) in [4.78, 5) is 12.3. The van der Waals surface area contributed by atoms with E-state index in [0.29, 0.717) is 0 Å². The molecule has 0 radical (unpaired) electrons. The van der Waals surface area contributed by atoms with Crippen molar-refractivity contribution in [1.82, 2.24) is 9.78 Å². The molecule has 1 heterocycles. The third-order valence-electron chi connectivity index (χ3n) is 3.87. The van der Waals surface area contributed by atoms with Crippen LogP contribution in [0.4, 0.5) is 18.9 Å². The molecular formula is C18H14F3N3O3S. The van der Waals surface area contributed by atoms with E-state index < -0.39 is 33.2 Å². The van der Waals surface area contributed by atoms with Crippen LogP contribution in [0.15, 0.2) is 65.8 Å². The van der Waals surface area contributed by atoms with Crippen LogP contribution in [0.2, 0.25) is 0 Å².